The molecule has 0 aliphatic heterocycles. The molecule has 0 bridgehead atoms. The van der Waals surface area contributed by atoms with Crippen molar-refractivity contribution in [3.63, 3.8) is 0 Å². The highest BCUT2D eigenvalue weighted by Gasteiger charge is 2.18. The number of halogens is 1. The van der Waals surface area contributed by atoms with Gasteiger partial charge in [0.2, 0.25) is 5.91 Å². The van der Waals surface area contributed by atoms with Crippen LogP contribution < -0.4 is 5.32 Å². The highest BCUT2D eigenvalue weighted by Crippen LogP contribution is 2.23. The zero-order valence-electron chi connectivity index (χ0n) is 10.9. The van der Waals surface area contributed by atoms with Crippen LogP contribution in [0.2, 0.25) is 5.02 Å². The Kier molecular flexibility index (Phi) is 4.58. The minimum absolute atomic E-state index is 0.00425. The van der Waals surface area contributed by atoms with Crippen LogP contribution in [0, 0.1) is 5.41 Å². The Balaban J connectivity index is 2.64. The van der Waals surface area contributed by atoms with Crippen LogP contribution in [0.1, 0.15) is 45.7 Å². The molecular formula is C14H20ClNO. The molecule has 0 saturated heterocycles. The molecule has 1 unspecified atom stereocenters. The summed E-state index contributed by atoms with van der Waals surface area (Å²) in [6.45, 7) is 8.09. The lowest BCUT2D eigenvalue weighted by molar-refractivity contribution is -0.123. The smallest absolute Gasteiger partial charge is 0.220 e. The fourth-order valence-electron chi connectivity index (χ4n) is 1.68. The summed E-state index contributed by atoms with van der Waals surface area (Å²) < 4.78 is 0. The third-order valence-electron chi connectivity index (χ3n) is 2.44. The van der Waals surface area contributed by atoms with Crippen molar-refractivity contribution in [1.29, 1.82) is 0 Å². The maximum atomic E-state index is 11.8. The van der Waals surface area contributed by atoms with E-state index >= 15 is 0 Å². The molecule has 0 aliphatic carbocycles. The second kappa shape index (κ2) is 5.54. The minimum atomic E-state index is -0.0569. The lowest BCUT2D eigenvalue weighted by atomic mass is 9.91. The minimum Gasteiger partial charge on any atom is -0.350 e. The van der Waals surface area contributed by atoms with Crippen LogP contribution in [0.3, 0.4) is 0 Å². The van der Waals surface area contributed by atoms with Crippen molar-refractivity contribution in [2.24, 2.45) is 5.41 Å². The molecule has 1 aromatic rings. The van der Waals surface area contributed by atoms with E-state index in [2.05, 4.69) is 5.32 Å². The maximum absolute atomic E-state index is 11.8. The molecular weight excluding hydrogens is 234 g/mol. The quantitative estimate of drug-likeness (QED) is 0.868. The van der Waals surface area contributed by atoms with Crippen molar-refractivity contribution in [3.05, 3.63) is 34.9 Å². The molecule has 94 valence electrons. The lowest BCUT2D eigenvalue weighted by Crippen LogP contribution is -2.30. The fourth-order valence-corrected chi connectivity index (χ4v) is 1.98. The van der Waals surface area contributed by atoms with Gasteiger partial charge in [0.1, 0.15) is 0 Å². The van der Waals surface area contributed by atoms with Crippen molar-refractivity contribution in [2.75, 3.05) is 0 Å². The van der Waals surface area contributed by atoms with E-state index < -0.39 is 0 Å². The first-order valence-electron chi connectivity index (χ1n) is 5.83. The van der Waals surface area contributed by atoms with Gasteiger partial charge >= 0.3 is 0 Å². The van der Waals surface area contributed by atoms with E-state index in [0.29, 0.717) is 11.4 Å². The SMILES string of the molecule is CC(NC(=O)CC(C)(C)C)c1ccccc1Cl. The predicted molar refractivity (Wildman–Crippen MR) is 72.1 cm³/mol. The summed E-state index contributed by atoms with van der Waals surface area (Å²) in [7, 11) is 0. The number of carbonyl (C=O) groups excluding carboxylic acids is 1. The van der Waals surface area contributed by atoms with E-state index in [1.165, 1.54) is 0 Å². The van der Waals surface area contributed by atoms with Gasteiger partial charge in [0.05, 0.1) is 6.04 Å². The van der Waals surface area contributed by atoms with E-state index in [-0.39, 0.29) is 17.4 Å². The average Bonchev–Trinajstić information content (AvgIpc) is 2.14. The van der Waals surface area contributed by atoms with E-state index in [1.54, 1.807) is 0 Å². The Labute approximate surface area is 108 Å². The van der Waals surface area contributed by atoms with E-state index in [0.717, 1.165) is 5.56 Å². The number of benzene rings is 1. The second-order valence-corrected chi connectivity index (χ2v) is 5.96. The first kappa shape index (κ1) is 14.0. The predicted octanol–water partition coefficient (Wildman–Crippen LogP) is 3.95. The molecule has 0 fully saturated rings. The van der Waals surface area contributed by atoms with Gasteiger partial charge in [0, 0.05) is 11.4 Å². The molecule has 17 heavy (non-hydrogen) atoms. The third kappa shape index (κ3) is 4.78. The van der Waals surface area contributed by atoms with Gasteiger partial charge in [-0.25, -0.2) is 0 Å². The highest BCUT2D eigenvalue weighted by atomic mass is 35.5. The third-order valence-corrected chi connectivity index (χ3v) is 2.78. The van der Waals surface area contributed by atoms with Crippen LogP contribution in [0.25, 0.3) is 0 Å². The summed E-state index contributed by atoms with van der Waals surface area (Å²) in [6, 6.07) is 7.52. The van der Waals surface area contributed by atoms with Crippen LogP contribution in [-0.4, -0.2) is 5.91 Å². The monoisotopic (exact) mass is 253 g/mol. The van der Waals surface area contributed by atoms with Crippen molar-refractivity contribution in [2.45, 2.75) is 40.2 Å². The van der Waals surface area contributed by atoms with Crippen LogP contribution >= 0.6 is 11.6 Å². The Bertz CT molecular complexity index is 395. The number of hydrogen-bond acceptors (Lipinski definition) is 1. The Morgan fingerprint density at radius 2 is 1.94 bits per heavy atom. The Hall–Kier alpha value is -1.02. The van der Waals surface area contributed by atoms with Crippen LogP contribution in [0.15, 0.2) is 24.3 Å². The first-order chi connectivity index (χ1) is 7.79. The first-order valence-corrected chi connectivity index (χ1v) is 6.21. The number of hydrogen-bond donors (Lipinski definition) is 1. The largest absolute Gasteiger partial charge is 0.350 e. The standard InChI is InChI=1S/C14H20ClNO/c1-10(11-7-5-6-8-12(11)15)16-13(17)9-14(2,3)4/h5-8,10H,9H2,1-4H3,(H,16,17). The molecule has 0 spiro atoms. The zero-order valence-corrected chi connectivity index (χ0v) is 11.6. The second-order valence-electron chi connectivity index (χ2n) is 5.55. The van der Waals surface area contributed by atoms with Crippen LogP contribution in [-0.2, 0) is 4.79 Å². The van der Waals surface area contributed by atoms with Gasteiger partial charge in [-0.3, -0.25) is 4.79 Å². The van der Waals surface area contributed by atoms with Gasteiger partial charge in [-0.1, -0.05) is 50.6 Å². The van der Waals surface area contributed by atoms with Gasteiger partial charge in [0.15, 0.2) is 0 Å². The van der Waals surface area contributed by atoms with E-state index in [9.17, 15) is 4.79 Å². The molecule has 1 amide bonds. The lowest BCUT2D eigenvalue weighted by Gasteiger charge is -2.20. The van der Waals surface area contributed by atoms with Crippen molar-refractivity contribution >= 4 is 17.5 Å². The average molecular weight is 254 g/mol. The highest BCUT2D eigenvalue weighted by molar-refractivity contribution is 6.31. The van der Waals surface area contributed by atoms with Gasteiger partial charge in [0.25, 0.3) is 0 Å². The molecule has 1 N–H and O–H groups in total. The van der Waals surface area contributed by atoms with Crippen molar-refractivity contribution < 1.29 is 4.79 Å². The zero-order chi connectivity index (χ0) is 13.1. The maximum Gasteiger partial charge on any atom is 0.220 e. The summed E-state index contributed by atoms with van der Waals surface area (Å²) in [5.41, 5.74) is 0.959. The number of rotatable bonds is 3. The van der Waals surface area contributed by atoms with E-state index in [1.807, 2.05) is 52.0 Å². The molecule has 3 heteroatoms. The van der Waals surface area contributed by atoms with Gasteiger partial charge in [-0.05, 0) is 24.0 Å². The number of amides is 1. The summed E-state index contributed by atoms with van der Waals surface area (Å²) >= 11 is 6.08. The number of carbonyl (C=O) groups is 1. The molecule has 0 radical (unpaired) electrons. The molecule has 1 aromatic carbocycles. The molecule has 0 saturated carbocycles. The number of nitrogens with one attached hydrogen (secondary N) is 1. The molecule has 1 rings (SSSR count). The summed E-state index contributed by atoms with van der Waals surface area (Å²) in [5.74, 6) is 0.0601. The molecule has 0 heterocycles. The summed E-state index contributed by atoms with van der Waals surface area (Å²) in [5, 5.41) is 3.66. The van der Waals surface area contributed by atoms with E-state index in [4.69, 9.17) is 11.6 Å². The normalized spacial score (nSPS) is 13.2. The molecule has 2 nitrogen and oxygen atoms in total. The topological polar surface area (TPSA) is 29.1 Å². The van der Waals surface area contributed by atoms with Crippen molar-refractivity contribution in [3.8, 4) is 0 Å². The van der Waals surface area contributed by atoms with Gasteiger partial charge in [-0.15, -0.1) is 0 Å². The Morgan fingerprint density at radius 3 is 2.47 bits per heavy atom. The molecule has 0 aromatic heterocycles. The van der Waals surface area contributed by atoms with Gasteiger partial charge in [-0.2, -0.15) is 0 Å². The van der Waals surface area contributed by atoms with Gasteiger partial charge < -0.3 is 5.32 Å². The Morgan fingerprint density at radius 1 is 1.35 bits per heavy atom. The summed E-state index contributed by atoms with van der Waals surface area (Å²) in [6.07, 6.45) is 0.516. The summed E-state index contributed by atoms with van der Waals surface area (Å²) in [4.78, 5) is 11.8. The van der Waals surface area contributed by atoms with Crippen LogP contribution in [0.5, 0.6) is 0 Å². The molecule has 0 aliphatic rings. The van der Waals surface area contributed by atoms with Crippen molar-refractivity contribution in [1.82, 2.24) is 5.32 Å². The fraction of sp³-hybridized carbons (Fsp3) is 0.500. The molecule has 1 atom stereocenters. The van der Waals surface area contributed by atoms with Crippen LogP contribution in [0.4, 0.5) is 0 Å².